The average molecular weight is 537 g/mol. The molecule has 6 rings (SSSR count). The molecule has 4 aromatic carbocycles. The Bertz CT molecular complexity index is 1420. The zero-order valence-electron chi connectivity index (χ0n) is 20.1. The number of allylic oxidation sites excluding steroid dienone is 2. The van der Waals surface area contributed by atoms with Crippen LogP contribution >= 0.6 is 24.8 Å². The van der Waals surface area contributed by atoms with Crippen LogP contribution in [0.4, 0.5) is 0 Å². The molecule has 34 heavy (non-hydrogen) atoms. The molecule has 0 aliphatic heterocycles. The van der Waals surface area contributed by atoms with Crippen LogP contribution in [0.2, 0.25) is 13.1 Å². The van der Waals surface area contributed by atoms with E-state index < -0.39 is 22.8 Å². The third-order valence-corrected chi connectivity index (χ3v) is 20.8. The van der Waals surface area contributed by atoms with Crippen LogP contribution in [0.15, 0.2) is 83.9 Å². The molecule has 2 aliphatic carbocycles. The predicted octanol–water partition coefficient (Wildman–Crippen LogP) is 9.32. The molecule has 172 valence electrons. The van der Waals surface area contributed by atoms with E-state index in [1.54, 1.807) is 22.3 Å². The third kappa shape index (κ3) is 3.87. The molecule has 0 radical (unpaired) electrons. The van der Waals surface area contributed by atoms with Crippen molar-refractivity contribution in [1.82, 2.24) is 0 Å². The van der Waals surface area contributed by atoms with Gasteiger partial charge < -0.3 is 0 Å². The van der Waals surface area contributed by atoms with Crippen LogP contribution in [-0.2, 0) is 16.6 Å². The van der Waals surface area contributed by atoms with Gasteiger partial charge in [-0.25, -0.2) is 0 Å². The Morgan fingerprint density at radius 1 is 0.588 bits per heavy atom. The van der Waals surface area contributed by atoms with Crippen LogP contribution in [-0.4, -0.2) is 6.19 Å². The Kier molecular flexibility index (Phi) is 7.35. The second-order valence-corrected chi connectivity index (χ2v) is 22.0. The van der Waals surface area contributed by atoms with E-state index in [2.05, 4.69) is 112 Å². The maximum Gasteiger partial charge on any atom is -0.147 e. The zero-order chi connectivity index (χ0) is 22.0. The van der Waals surface area contributed by atoms with Gasteiger partial charge in [-0.15, -0.1) is 24.8 Å². The molecule has 0 amide bonds. The summed E-state index contributed by atoms with van der Waals surface area (Å²) >= 11 is -1.56. The minimum absolute atomic E-state index is 0. The van der Waals surface area contributed by atoms with Gasteiger partial charge in [0.05, 0.1) is 0 Å². The minimum atomic E-state index is -1.56. The topological polar surface area (TPSA) is 0 Å². The second-order valence-electron chi connectivity index (χ2n) is 9.68. The standard InChI is InChI=1S/2C14H11.C2H6Si.2ClH.Ti/c2*1-10-8-12-7-6-11-4-2-3-5-13(11)14(12)9-10;1-3-2;;;/h2*2-9H,1H3;1-2H3;2*1H;. The molecule has 0 nitrogen and oxygen atoms in total. The van der Waals surface area contributed by atoms with Crippen LogP contribution in [0.25, 0.3) is 33.7 Å². The SMILES string of the molecule is CC1=Cc2c(ccc3ccccc23)[CH]1[Ti]([CH]1C(C)=Cc2c1ccc1ccccc21)=[Si](C)C.Cl.Cl. The fourth-order valence-corrected chi connectivity index (χ4v) is 20.0. The quantitative estimate of drug-likeness (QED) is 0.224. The Balaban J connectivity index is 0.00000137. The summed E-state index contributed by atoms with van der Waals surface area (Å²) in [5.41, 5.74) is 9.45. The molecule has 0 spiro atoms. The summed E-state index contributed by atoms with van der Waals surface area (Å²) in [6.45, 7) is 10.0. The fraction of sp³-hybridized carbons (Fsp3) is 0.200. The average Bonchev–Trinajstić information content (AvgIpc) is 3.31. The van der Waals surface area contributed by atoms with Crippen molar-refractivity contribution in [2.75, 3.05) is 0 Å². The van der Waals surface area contributed by atoms with Gasteiger partial charge in [0.1, 0.15) is 0 Å². The Morgan fingerprint density at radius 3 is 1.41 bits per heavy atom. The van der Waals surface area contributed by atoms with Gasteiger partial charge >= 0.3 is 198 Å². The summed E-state index contributed by atoms with van der Waals surface area (Å²) in [5.74, 6) is 0. The molecule has 4 heteroatoms. The van der Waals surface area contributed by atoms with E-state index in [1.807, 2.05) is 0 Å². The smallest absolute Gasteiger partial charge is 0.147 e. The molecule has 2 atom stereocenters. The molecule has 0 N–H and O–H groups in total. The van der Waals surface area contributed by atoms with Gasteiger partial charge in [0.15, 0.2) is 0 Å². The minimum Gasteiger partial charge on any atom is -0.147 e. The van der Waals surface area contributed by atoms with E-state index >= 15 is 0 Å². The monoisotopic (exact) mass is 536 g/mol. The largest absolute Gasteiger partial charge is 0.147 e. The number of fused-ring (bicyclic) bond motifs is 6. The van der Waals surface area contributed by atoms with E-state index in [4.69, 9.17) is 0 Å². The second kappa shape index (κ2) is 9.80. The van der Waals surface area contributed by atoms with Crippen LogP contribution in [0.5, 0.6) is 0 Å². The van der Waals surface area contributed by atoms with Crippen molar-refractivity contribution in [1.29, 1.82) is 0 Å². The van der Waals surface area contributed by atoms with Crippen molar-refractivity contribution in [2.45, 2.75) is 35.4 Å². The Labute approximate surface area is 221 Å². The number of rotatable bonds is 2. The molecule has 0 heterocycles. The van der Waals surface area contributed by atoms with Crippen molar-refractivity contribution >= 4 is 64.7 Å². The predicted molar refractivity (Wildman–Crippen MR) is 153 cm³/mol. The third-order valence-electron chi connectivity index (χ3n) is 7.48. The van der Waals surface area contributed by atoms with Crippen molar-refractivity contribution < 1.29 is 16.6 Å². The molecule has 0 saturated heterocycles. The maximum absolute atomic E-state index is 2.60. The van der Waals surface area contributed by atoms with Crippen LogP contribution in [0, 0.1) is 0 Å². The van der Waals surface area contributed by atoms with Crippen LogP contribution in [0.3, 0.4) is 0 Å². The molecule has 0 bridgehead atoms. The molecular formula is C30H30Cl2SiTi. The van der Waals surface area contributed by atoms with Gasteiger partial charge in [0, 0.05) is 0 Å². The molecule has 0 aromatic heterocycles. The first kappa shape index (κ1) is 25.5. The molecule has 4 aromatic rings. The summed E-state index contributed by atoms with van der Waals surface area (Å²) in [6.07, 6.45) is 4.64. The van der Waals surface area contributed by atoms with E-state index in [0.717, 1.165) is 0 Å². The van der Waals surface area contributed by atoms with E-state index in [1.165, 1.54) is 32.7 Å². The number of benzene rings is 4. The summed E-state index contributed by atoms with van der Waals surface area (Å²) in [4.78, 5) is 0. The van der Waals surface area contributed by atoms with Gasteiger partial charge in [-0.05, 0) is 0 Å². The number of hydrogen-bond donors (Lipinski definition) is 0. The maximum atomic E-state index is 2.60. The molecular weight excluding hydrogens is 507 g/mol. The summed E-state index contributed by atoms with van der Waals surface area (Å²) in [7, 11) is 0. The van der Waals surface area contributed by atoms with E-state index in [-0.39, 0.29) is 24.8 Å². The fourth-order valence-electron chi connectivity index (χ4n) is 6.13. The van der Waals surface area contributed by atoms with Crippen LogP contribution in [0.1, 0.15) is 44.5 Å². The van der Waals surface area contributed by atoms with Gasteiger partial charge in [-0.3, -0.25) is 0 Å². The number of halogens is 2. The normalized spacial score (nSPS) is 17.9. The Morgan fingerprint density at radius 2 is 1.00 bits per heavy atom. The number of hydrogen-bond acceptors (Lipinski definition) is 0. The van der Waals surface area contributed by atoms with Crippen molar-refractivity contribution in [3.05, 3.63) is 106 Å². The van der Waals surface area contributed by atoms with Crippen LogP contribution < -0.4 is 0 Å². The van der Waals surface area contributed by atoms with E-state index in [9.17, 15) is 0 Å². The zero-order valence-corrected chi connectivity index (χ0v) is 24.2. The van der Waals surface area contributed by atoms with Crippen molar-refractivity contribution in [3.8, 4) is 0 Å². The van der Waals surface area contributed by atoms with Gasteiger partial charge in [-0.2, -0.15) is 0 Å². The Hall–Kier alpha value is -1.61. The first-order valence-corrected chi connectivity index (χ1v) is 18.3. The van der Waals surface area contributed by atoms with Gasteiger partial charge in [0.2, 0.25) is 0 Å². The molecule has 2 unspecified atom stereocenters. The summed E-state index contributed by atoms with van der Waals surface area (Å²) < 4.78 is 1.34. The first-order chi connectivity index (χ1) is 15.5. The first-order valence-electron chi connectivity index (χ1n) is 11.6. The van der Waals surface area contributed by atoms with E-state index in [0.29, 0.717) is 8.45 Å². The van der Waals surface area contributed by atoms with Gasteiger partial charge in [-0.1, -0.05) is 0 Å². The van der Waals surface area contributed by atoms with Gasteiger partial charge in [0.25, 0.3) is 0 Å². The molecule has 2 aliphatic rings. The van der Waals surface area contributed by atoms with Crippen molar-refractivity contribution in [2.24, 2.45) is 0 Å². The molecule has 0 fully saturated rings. The molecule has 0 saturated carbocycles. The van der Waals surface area contributed by atoms with Crippen molar-refractivity contribution in [3.63, 3.8) is 0 Å². The summed E-state index contributed by atoms with van der Waals surface area (Å²) in [6, 6.07) is 27.5. The summed E-state index contributed by atoms with van der Waals surface area (Å²) in [5, 5.41) is 5.58.